The molecule has 80 valence electrons. The molecule has 0 atom stereocenters. The number of hydrogen-bond acceptors (Lipinski definition) is 4. The van der Waals surface area contributed by atoms with Gasteiger partial charge >= 0.3 is 5.97 Å². The number of rotatable bonds is 2. The van der Waals surface area contributed by atoms with Crippen molar-refractivity contribution in [2.75, 3.05) is 14.2 Å². The first-order valence-electron chi connectivity index (χ1n) is 4.60. The lowest BCUT2D eigenvalue weighted by molar-refractivity contribution is -0.242. The van der Waals surface area contributed by atoms with E-state index in [1.165, 1.54) is 14.2 Å². The van der Waals surface area contributed by atoms with Crippen LogP contribution in [0.25, 0.3) is 0 Å². The average Bonchev–Trinajstić information content (AvgIpc) is 2.30. The third-order valence-corrected chi connectivity index (χ3v) is 2.57. The quantitative estimate of drug-likeness (QED) is 0.541. The van der Waals surface area contributed by atoms with Crippen LogP contribution in [0.5, 0.6) is 0 Å². The van der Waals surface area contributed by atoms with Crippen LogP contribution in [-0.4, -0.2) is 20.2 Å². The number of esters is 1. The molecule has 0 aromatic heterocycles. The highest BCUT2D eigenvalue weighted by molar-refractivity contribution is 5.81. The summed E-state index contributed by atoms with van der Waals surface area (Å²) >= 11 is 0. The number of fused-ring (bicyclic) bond motifs is 1. The summed E-state index contributed by atoms with van der Waals surface area (Å²) < 4.78 is 15.4. The van der Waals surface area contributed by atoms with Crippen LogP contribution in [-0.2, 0) is 31.4 Å². The van der Waals surface area contributed by atoms with Gasteiger partial charge in [-0.2, -0.15) is 0 Å². The Morgan fingerprint density at radius 3 is 2.60 bits per heavy atom. The van der Waals surface area contributed by atoms with E-state index in [-0.39, 0.29) is 6.61 Å². The smallest absolute Gasteiger partial charge is 0.372 e. The maximum Gasteiger partial charge on any atom is 0.372 e. The van der Waals surface area contributed by atoms with Crippen molar-refractivity contribution in [2.24, 2.45) is 0 Å². The molecule has 0 fully saturated rings. The van der Waals surface area contributed by atoms with E-state index in [9.17, 15) is 4.79 Å². The molecule has 0 radical (unpaired) electrons. The van der Waals surface area contributed by atoms with Gasteiger partial charge in [-0.15, -0.1) is 0 Å². The first kappa shape index (κ1) is 10.1. The molecular formula is C11H12O4. The van der Waals surface area contributed by atoms with Crippen LogP contribution in [0.15, 0.2) is 24.3 Å². The van der Waals surface area contributed by atoms with Crippen LogP contribution in [0.2, 0.25) is 0 Å². The molecule has 0 aliphatic carbocycles. The minimum Gasteiger partial charge on any atom is -0.457 e. The van der Waals surface area contributed by atoms with Crippen molar-refractivity contribution in [3.05, 3.63) is 35.4 Å². The van der Waals surface area contributed by atoms with Crippen molar-refractivity contribution < 1.29 is 19.0 Å². The molecule has 1 aliphatic heterocycles. The third kappa shape index (κ3) is 1.33. The van der Waals surface area contributed by atoms with Crippen LogP contribution < -0.4 is 0 Å². The van der Waals surface area contributed by atoms with Crippen molar-refractivity contribution in [3.63, 3.8) is 0 Å². The Kier molecular flexibility index (Phi) is 2.46. The molecule has 15 heavy (non-hydrogen) atoms. The molecule has 1 aromatic rings. The van der Waals surface area contributed by atoms with Crippen LogP contribution in [0.4, 0.5) is 0 Å². The van der Waals surface area contributed by atoms with E-state index >= 15 is 0 Å². The van der Waals surface area contributed by atoms with Gasteiger partial charge < -0.3 is 14.2 Å². The topological polar surface area (TPSA) is 44.8 Å². The first-order chi connectivity index (χ1) is 7.24. The molecule has 0 bridgehead atoms. The van der Waals surface area contributed by atoms with E-state index in [2.05, 4.69) is 0 Å². The van der Waals surface area contributed by atoms with Gasteiger partial charge in [0.25, 0.3) is 5.79 Å². The molecule has 0 saturated heterocycles. The van der Waals surface area contributed by atoms with Crippen LogP contribution in [0.1, 0.15) is 11.1 Å². The maximum absolute atomic E-state index is 11.7. The minimum absolute atomic E-state index is 0.267. The lowest BCUT2D eigenvalue weighted by Crippen LogP contribution is -2.44. The molecule has 0 saturated carbocycles. The van der Waals surface area contributed by atoms with Crippen LogP contribution in [0, 0.1) is 0 Å². The first-order valence-corrected chi connectivity index (χ1v) is 4.60. The number of carbonyl (C=O) groups is 1. The monoisotopic (exact) mass is 208 g/mol. The van der Waals surface area contributed by atoms with Crippen molar-refractivity contribution in [1.29, 1.82) is 0 Å². The molecule has 1 aromatic carbocycles. The van der Waals surface area contributed by atoms with E-state index in [0.717, 1.165) is 5.56 Å². The van der Waals surface area contributed by atoms with Gasteiger partial charge in [-0.3, -0.25) is 0 Å². The molecule has 4 heteroatoms. The maximum atomic E-state index is 11.7. The Bertz CT molecular complexity index is 382. The standard InChI is InChI=1S/C11H12O4/c1-13-11(14-2)9-6-4-3-5-8(9)7-15-10(11)12/h3-6H,7H2,1-2H3. The van der Waals surface area contributed by atoms with Gasteiger partial charge in [0.2, 0.25) is 0 Å². The Morgan fingerprint density at radius 1 is 1.27 bits per heavy atom. The van der Waals surface area contributed by atoms with E-state index in [1.807, 2.05) is 24.3 Å². The number of carbonyl (C=O) groups excluding carboxylic acids is 1. The van der Waals surface area contributed by atoms with Gasteiger partial charge in [0.1, 0.15) is 6.61 Å². The Balaban J connectivity index is 2.59. The number of methoxy groups -OCH3 is 2. The highest BCUT2D eigenvalue weighted by Gasteiger charge is 2.47. The van der Waals surface area contributed by atoms with Gasteiger partial charge in [0.05, 0.1) is 0 Å². The van der Waals surface area contributed by atoms with Gasteiger partial charge in [0, 0.05) is 19.8 Å². The average molecular weight is 208 g/mol. The fourth-order valence-electron chi connectivity index (χ4n) is 1.79. The molecule has 0 amide bonds. The van der Waals surface area contributed by atoms with Crippen LogP contribution in [0.3, 0.4) is 0 Å². The highest BCUT2D eigenvalue weighted by atomic mass is 16.7. The second kappa shape index (κ2) is 3.64. The zero-order chi connectivity index (χ0) is 10.9. The summed E-state index contributed by atoms with van der Waals surface area (Å²) in [7, 11) is 2.85. The molecule has 4 nitrogen and oxygen atoms in total. The summed E-state index contributed by atoms with van der Waals surface area (Å²) in [6.07, 6.45) is 0. The predicted octanol–water partition coefficient (Wildman–Crippen LogP) is 1.19. The normalized spacial score (nSPS) is 18.1. The SMILES string of the molecule is COC1(OC)C(=O)OCc2ccccc21. The van der Waals surface area contributed by atoms with Crippen molar-refractivity contribution in [1.82, 2.24) is 0 Å². The summed E-state index contributed by atoms with van der Waals surface area (Å²) in [5.74, 6) is -1.92. The number of benzene rings is 1. The zero-order valence-corrected chi connectivity index (χ0v) is 8.65. The molecule has 1 heterocycles. The van der Waals surface area contributed by atoms with Crippen molar-refractivity contribution in [2.45, 2.75) is 12.4 Å². The second-order valence-corrected chi connectivity index (χ2v) is 3.26. The van der Waals surface area contributed by atoms with Gasteiger partial charge in [-0.05, 0) is 5.56 Å². The van der Waals surface area contributed by atoms with Gasteiger partial charge in [0.15, 0.2) is 0 Å². The molecule has 0 N–H and O–H groups in total. The molecule has 0 unspecified atom stereocenters. The minimum atomic E-state index is -1.41. The highest BCUT2D eigenvalue weighted by Crippen LogP contribution is 2.34. The number of hydrogen-bond donors (Lipinski definition) is 0. The van der Waals surface area contributed by atoms with E-state index < -0.39 is 11.8 Å². The predicted molar refractivity (Wildman–Crippen MR) is 51.9 cm³/mol. The van der Waals surface area contributed by atoms with Crippen molar-refractivity contribution >= 4 is 5.97 Å². The zero-order valence-electron chi connectivity index (χ0n) is 8.65. The largest absolute Gasteiger partial charge is 0.457 e. The number of ether oxygens (including phenoxy) is 3. The van der Waals surface area contributed by atoms with Gasteiger partial charge in [-0.1, -0.05) is 24.3 Å². The third-order valence-electron chi connectivity index (χ3n) is 2.57. The summed E-state index contributed by atoms with van der Waals surface area (Å²) in [5.41, 5.74) is 1.62. The summed E-state index contributed by atoms with van der Waals surface area (Å²) in [4.78, 5) is 11.7. The summed E-state index contributed by atoms with van der Waals surface area (Å²) in [6, 6.07) is 7.41. The molecular weight excluding hydrogens is 196 g/mol. The summed E-state index contributed by atoms with van der Waals surface area (Å²) in [5, 5.41) is 0. The summed E-state index contributed by atoms with van der Waals surface area (Å²) in [6.45, 7) is 0.267. The molecule has 0 spiro atoms. The lowest BCUT2D eigenvalue weighted by Gasteiger charge is -2.33. The van der Waals surface area contributed by atoms with Crippen molar-refractivity contribution in [3.8, 4) is 0 Å². The fraction of sp³-hybridized carbons (Fsp3) is 0.364. The van der Waals surface area contributed by atoms with E-state index in [0.29, 0.717) is 5.56 Å². The molecule has 2 rings (SSSR count). The van der Waals surface area contributed by atoms with Crippen LogP contribution >= 0.6 is 0 Å². The van der Waals surface area contributed by atoms with E-state index in [1.54, 1.807) is 0 Å². The fourth-order valence-corrected chi connectivity index (χ4v) is 1.79. The second-order valence-electron chi connectivity index (χ2n) is 3.26. The Labute approximate surface area is 87.8 Å². The molecule has 1 aliphatic rings. The Morgan fingerprint density at radius 2 is 1.93 bits per heavy atom. The van der Waals surface area contributed by atoms with Gasteiger partial charge in [-0.25, -0.2) is 4.79 Å². The number of cyclic esters (lactones) is 1. The Hall–Kier alpha value is -1.39. The lowest BCUT2D eigenvalue weighted by atomic mass is 9.97. The van der Waals surface area contributed by atoms with E-state index in [4.69, 9.17) is 14.2 Å².